The molecule has 1 amide bonds. The molecule has 3 nitrogen and oxygen atoms in total. The van der Waals surface area contributed by atoms with Crippen LogP contribution in [0.25, 0.3) is 0 Å². The normalized spacial score (nSPS) is 26.6. The van der Waals surface area contributed by atoms with Gasteiger partial charge in [-0.1, -0.05) is 6.92 Å². The predicted molar refractivity (Wildman–Crippen MR) is 65.3 cm³/mol. The molecule has 2 saturated heterocycles. The van der Waals surface area contributed by atoms with Crippen LogP contribution in [0.2, 0.25) is 0 Å². The maximum absolute atomic E-state index is 11.9. The van der Waals surface area contributed by atoms with Crippen molar-refractivity contribution in [2.24, 2.45) is 0 Å². The Bertz CT molecular complexity index is 236. The molecule has 0 radical (unpaired) electrons. The van der Waals surface area contributed by atoms with E-state index in [2.05, 4.69) is 16.7 Å². The number of likely N-dealkylation sites (tertiary alicyclic amines) is 2. The molecule has 2 aliphatic heterocycles. The van der Waals surface area contributed by atoms with Gasteiger partial charge in [-0.05, 0) is 45.2 Å². The summed E-state index contributed by atoms with van der Waals surface area (Å²) in [4.78, 5) is 16.6. The molecule has 2 aliphatic rings. The molecule has 2 rings (SSSR count). The maximum Gasteiger partial charge on any atom is 0.222 e. The van der Waals surface area contributed by atoms with E-state index in [0.717, 1.165) is 25.9 Å². The van der Waals surface area contributed by atoms with Crippen LogP contribution in [0, 0.1) is 0 Å². The Balaban J connectivity index is 1.84. The number of nitrogens with zero attached hydrogens (tertiary/aromatic N) is 2. The van der Waals surface area contributed by atoms with Gasteiger partial charge in [0.2, 0.25) is 5.91 Å². The molecular weight excluding hydrogens is 200 g/mol. The van der Waals surface area contributed by atoms with Crippen molar-refractivity contribution in [2.45, 2.75) is 51.5 Å². The van der Waals surface area contributed by atoms with Gasteiger partial charge in [0.1, 0.15) is 0 Å². The molecule has 0 N–H and O–H groups in total. The Morgan fingerprint density at radius 1 is 1.19 bits per heavy atom. The first-order valence-corrected chi connectivity index (χ1v) is 6.83. The highest BCUT2D eigenvalue weighted by atomic mass is 16.2. The molecule has 2 fully saturated rings. The van der Waals surface area contributed by atoms with Crippen LogP contribution >= 0.6 is 0 Å². The Morgan fingerprint density at radius 2 is 1.94 bits per heavy atom. The maximum atomic E-state index is 11.9. The second kappa shape index (κ2) is 5.67. The average Bonchev–Trinajstić information content (AvgIpc) is 2.90. The van der Waals surface area contributed by atoms with Crippen LogP contribution in [-0.4, -0.2) is 47.9 Å². The second-order valence-corrected chi connectivity index (χ2v) is 5.14. The van der Waals surface area contributed by atoms with Crippen LogP contribution < -0.4 is 0 Å². The minimum Gasteiger partial charge on any atom is -0.338 e. The molecule has 0 aromatic rings. The lowest BCUT2D eigenvalue weighted by atomic mass is 10.2. The summed E-state index contributed by atoms with van der Waals surface area (Å²) in [5.74, 6) is 0.379. The minimum atomic E-state index is 0.379. The third-order valence-corrected chi connectivity index (χ3v) is 3.83. The summed E-state index contributed by atoms with van der Waals surface area (Å²) in [6.45, 7) is 6.69. The van der Waals surface area contributed by atoms with Gasteiger partial charge in [-0.15, -0.1) is 0 Å². The summed E-state index contributed by atoms with van der Waals surface area (Å²) < 4.78 is 0. The molecule has 92 valence electrons. The van der Waals surface area contributed by atoms with Crippen molar-refractivity contribution in [3.63, 3.8) is 0 Å². The molecule has 0 aliphatic carbocycles. The van der Waals surface area contributed by atoms with Crippen LogP contribution in [0.3, 0.4) is 0 Å². The van der Waals surface area contributed by atoms with Gasteiger partial charge >= 0.3 is 0 Å². The third kappa shape index (κ3) is 2.76. The average molecular weight is 224 g/mol. The molecule has 16 heavy (non-hydrogen) atoms. The molecule has 1 unspecified atom stereocenters. The van der Waals surface area contributed by atoms with Crippen molar-refractivity contribution in [1.29, 1.82) is 0 Å². The van der Waals surface area contributed by atoms with E-state index in [9.17, 15) is 4.79 Å². The lowest BCUT2D eigenvalue weighted by Crippen LogP contribution is -2.42. The first-order chi connectivity index (χ1) is 7.81. The Labute approximate surface area is 98.8 Å². The van der Waals surface area contributed by atoms with E-state index in [-0.39, 0.29) is 0 Å². The number of hydrogen-bond donors (Lipinski definition) is 0. The van der Waals surface area contributed by atoms with E-state index in [1.54, 1.807) is 0 Å². The van der Waals surface area contributed by atoms with Crippen molar-refractivity contribution in [1.82, 2.24) is 9.80 Å². The van der Waals surface area contributed by atoms with Gasteiger partial charge in [-0.3, -0.25) is 4.79 Å². The summed E-state index contributed by atoms with van der Waals surface area (Å²) in [5.41, 5.74) is 0. The van der Waals surface area contributed by atoms with Gasteiger partial charge in [0.05, 0.1) is 0 Å². The molecular formula is C13H24N2O. The topological polar surface area (TPSA) is 23.6 Å². The molecule has 1 atom stereocenters. The standard InChI is InChI=1S/C13H24N2O/c1-2-6-13(16)15-10-5-7-12(15)11-14-8-3-4-9-14/h12H,2-11H2,1H3. The summed E-state index contributed by atoms with van der Waals surface area (Å²) in [6, 6.07) is 0.511. The van der Waals surface area contributed by atoms with Gasteiger partial charge in [-0.2, -0.15) is 0 Å². The zero-order valence-electron chi connectivity index (χ0n) is 10.5. The SMILES string of the molecule is CCCC(=O)N1CCCC1CN1CCCC1. The fourth-order valence-corrected chi connectivity index (χ4v) is 2.97. The molecule has 0 spiro atoms. The Hall–Kier alpha value is -0.570. The molecule has 0 aromatic heterocycles. The van der Waals surface area contributed by atoms with E-state index < -0.39 is 0 Å². The van der Waals surface area contributed by atoms with Gasteiger partial charge in [0.25, 0.3) is 0 Å². The van der Waals surface area contributed by atoms with Gasteiger partial charge in [-0.25, -0.2) is 0 Å². The summed E-state index contributed by atoms with van der Waals surface area (Å²) >= 11 is 0. The van der Waals surface area contributed by atoms with Crippen LogP contribution in [0.4, 0.5) is 0 Å². The van der Waals surface area contributed by atoms with E-state index in [1.807, 2.05) is 0 Å². The highest BCUT2D eigenvalue weighted by molar-refractivity contribution is 5.76. The van der Waals surface area contributed by atoms with E-state index in [4.69, 9.17) is 0 Å². The molecule has 0 saturated carbocycles. The summed E-state index contributed by atoms with van der Waals surface area (Å²) in [5, 5.41) is 0. The number of carbonyl (C=O) groups is 1. The molecule has 0 bridgehead atoms. The summed E-state index contributed by atoms with van der Waals surface area (Å²) in [7, 11) is 0. The minimum absolute atomic E-state index is 0.379. The monoisotopic (exact) mass is 224 g/mol. The Morgan fingerprint density at radius 3 is 2.62 bits per heavy atom. The molecule has 2 heterocycles. The third-order valence-electron chi connectivity index (χ3n) is 3.83. The summed E-state index contributed by atoms with van der Waals surface area (Å²) in [6.07, 6.45) is 6.81. The highest BCUT2D eigenvalue weighted by Crippen LogP contribution is 2.21. The number of rotatable bonds is 4. The van der Waals surface area contributed by atoms with Crippen LogP contribution in [-0.2, 0) is 4.79 Å². The number of hydrogen-bond acceptors (Lipinski definition) is 2. The van der Waals surface area contributed by atoms with Gasteiger partial charge in [0.15, 0.2) is 0 Å². The van der Waals surface area contributed by atoms with E-state index in [1.165, 1.54) is 38.8 Å². The molecule has 0 aromatic carbocycles. The smallest absolute Gasteiger partial charge is 0.222 e. The fourth-order valence-electron chi connectivity index (χ4n) is 2.97. The zero-order valence-corrected chi connectivity index (χ0v) is 10.5. The largest absolute Gasteiger partial charge is 0.338 e. The quantitative estimate of drug-likeness (QED) is 0.728. The van der Waals surface area contributed by atoms with E-state index >= 15 is 0 Å². The second-order valence-electron chi connectivity index (χ2n) is 5.14. The number of amides is 1. The lowest BCUT2D eigenvalue weighted by molar-refractivity contribution is -0.132. The zero-order chi connectivity index (χ0) is 11.4. The van der Waals surface area contributed by atoms with Crippen molar-refractivity contribution < 1.29 is 4.79 Å². The van der Waals surface area contributed by atoms with Crippen molar-refractivity contribution in [3.8, 4) is 0 Å². The van der Waals surface area contributed by atoms with Crippen molar-refractivity contribution >= 4 is 5.91 Å². The van der Waals surface area contributed by atoms with Gasteiger partial charge < -0.3 is 9.80 Å². The first kappa shape index (κ1) is 11.9. The van der Waals surface area contributed by atoms with Crippen LogP contribution in [0.1, 0.15) is 45.4 Å². The van der Waals surface area contributed by atoms with Crippen molar-refractivity contribution in [2.75, 3.05) is 26.2 Å². The fraction of sp³-hybridized carbons (Fsp3) is 0.923. The van der Waals surface area contributed by atoms with Crippen LogP contribution in [0.15, 0.2) is 0 Å². The Kier molecular flexibility index (Phi) is 4.22. The van der Waals surface area contributed by atoms with Gasteiger partial charge in [0, 0.05) is 25.6 Å². The van der Waals surface area contributed by atoms with E-state index in [0.29, 0.717) is 11.9 Å². The number of carbonyl (C=O) groups excluding carboxylic acids is 1. The highest BCUT2D eigenvalue weighted by Gasteiger charge is 2.29. The first-order valence-electron chi connectivity index (χ1n) is 6.83. The predicted octanol–water partition coefficient (Wildman–Crippen LogP) is 1.87. The lowest BCUT2D eigenvalue weighted by Gasteiger charge is -2.28. The molecule has 3 heteroatoms. The van der Waals surface area contributed by atoms with Crippen LogP contribution in [0.5, 0.6) is 0 Å². The van der Waals surface area contributed by atoms with Crippen molar-refractivity contribution in [3.05, 3.63) is 0 Å².